The summed E-state index contributed by atoms with van der Waals surface area (Å²) in [5, 5.41) is 21.7. The molecule has 0 aliphatic carbocycles. The molecule has 1 unspecified atom stereocenters. The maximum Gasteiger partial charge on any atom is 0.0667 e. The predicted molar refractivity (Wildman–Crippen MR) is 65.3 cm³/mol. The van der Waals surface area contributed by atoms with Crippen molar-refractivity contribution in [3.63, 3.8) is 0 Å². The third kappa shape index (κ3) is 5.85. The summed E-state index contributed by atoms with van der Waals surface area (Å²) >= 11 is 0. The largest absolute Gasteiger partial charge is 0.392 e. The van der Waals surface area contributed by atoms with E-state index >= 15 is 0 Å². The van der Waals surface area contributed by atoms with Gasteiger partial charge in [0.25, 0.3) is 0 Å². The molecule has 3 nitrogen and oxygen atoms in total. The number of aryl methyl sites for hydroxylation is 1. The molecule has 3 heteroatoms. The number of aliphatic hydroxyl groups excluding tert-OH is 2. The first-order valence-corrected chi connectivity index (χ1v) is 5.79. The molecular weight excluding hydrogens is 202 g/mol. The lowest BCUT2D eigenvalue weighted by atomic mass is 10.1. The van der Waals surface area contributed by atoms with Crippen molar-refractivity contribution < 1.29 is 10.2 Å². The molecule has 0 saturated carbocycles. The molecule has 90 valence electrons. The Kier molecular flexibility index (Phi) is 6.08. The van der Waals surface area contributed by atoms with Crippen LogP contribution >= 0.6 is 0 Å². The lowest BCUT2D eigenvalue weighted by molar-refractivity contribution is 0.147. The molecule has 0 fully saturated rings. The highest BCUT2D eigenvalue weighted by Crippen LogP contribution is 2.04. The summed E-state index contributed by atoms with van der Waals surface area (Å²) in [6.07, 6.45) is 0.926. The van der Waals surface area contributed by atoms with Gasteiger partial charge in [-0.1, -0.05) is 30.3 Å². The highest BCUT2D eigenvalue weighted by molar-refractivity contribution is 5.14. The van der Waals surface area contributed by atoms with Gasteiger partial charge in [-0.15, -0.1) is 0 Å². The van der Waals surface area contributed by atoms with Gasteiger partial charge in [0.2, 0.25) is 0 Å². The minimum absolute atomic E-state index is 0.348. The SMILES string of the molecule is CC(O)CNC[C@H](O)CCc1ccccc1. The number of rotatable bonds is 7. The first kappa shape index (κ1) is 13.2. The monoisotopic (exact) mass is 223 g/mol. The molecule has 0 heterocycles. The van der Waals surface area contributed by atoms with Crippen molar-refractivity contribution in [3.8, 4) is 0 Å². The second-order valence-corrected chi connectivity index (χ2v) is 4.19. The maximum atomic E-state index is 9.68. The maximum absolute atomic E-state index is 9.68. The van der Waals surface area contributed by atoms with Crippen molar-refractivity contribution in [2.24, 2.45) is 0 Å². The average molecular weight is 223 g/mol. The zero-order valence-electron chi connectivity index (χ0n) is 9.76. The Bertz CT molecular complexity index is 275. The summed E-state index contributed by atoms with van der Waals surface area (Å²) in [5.41, 5.74) is 1.25. The van der Waals surface area contributed by atoms with Gasteiger partial charge in [0.1, 0.15) is 0 Å². The Labute approximate surface area is 97.1 Å². The Balaban J connectivity index is 2.13. The van der Waals surface area contributed by atoms with Gasteiger partial charge >= 0.3 is 0 Å². The van der Waals surface area contributed by atoms with Gasteiger partial charge in [-0.2, -0.15) is 0 Å². The van der Waals surface area contributed by atoms with E-state index in [1.165, 1.54) is 5.56 Å². The van der Waals surface area contributed by atoms with Crippen LogP contribution in [-0.2, 0) is 6.42 Å². The van der Waals surface area contributed by atoms with Crippen LogP contribution in [-0.4, -0.2) is 35.5 Å². The second kappa shape index (κ2) is 7.39. The summed E-state index contributed by atoms with van der Waals surface area (Å²) < 4.78 is 0. The molecular formula is C13H21NO2. The number of nitrogens with one attached hydrogen (secondary N) is 1. The number of hydrogen-bond acceptors (Lipinski definition) is 3. The zero-order chi connectivity index (χ0) is 11.8. The Morgan fingerprint density at radius 3 is 2.44 bits per heavy atom. The predicted octanol–water partition coefficient (Wildman–Crippen LogP) is 0.950. The van der Waals surface area contributed by atoms with Crippen molar-refractivity contribution in [3.05, 3.63) is 35.9 Å². The van der Waals surface area contributed by atoms with E-state index in [0.29, 0.717) is 13.1 Å². The van der Waals surface area contributed by atoms with E-state index < -0.39 is 0 Å². The zero-order valence-corrected chi connectivity index (χ0v) is 9.76. The lowest BCUT2D eigenvalue weighted by Crippen LogP contribution is -2.32. The number of hydrogen-bond donors (Lipinski definition) is 3. The smallest absolute Gasteiger partial charge is 0.0667 e. The second-order valence-electron chi connectivity index (χ2n) is 4.19. The molecule has 0 spiro atoms. The first-order valence-electron chi connectivity index (χ1n) is 5.79. The van der Waals surface area contributed by atoms with Crippen LogP contribution in [0.2, 0.25) is 0 Å². The molecule has 0 aliphatic rings. The third-order valence-electron chi connectivity index (χ3n) is 2.43. The third-order valence-corrected chi connectivity index (χ3v) is 2.43. The van der Waals surface area contributed by atoms with Crippen LogP contribution in [0.4, 0.5) is 0 Å². The van der Waals surface area contributed by atoms with E-state index in [2.05, 4.69) is 17.4 Å². The van der Waals surface area contributed by atoms with Crippen LogP contribution in [0.5, 0.6) is 0 Å². The van der Waals surface area contributed by atoms with E-state index in [9.17, 15) is 5.11 Å². The van der Waals surface area contributed by atoms with Gasteiger partial charge in [-0.25, -0.2) is 0 Å². The molecule has 0 aromatic heterocycles. The Hall–Kier alpha value is -0.900. The molecule has 0 amide bonds. The summed E-state index contributed by atoms with van der Waals surface area (Å²) in [4.78, 5) is 0. The van der Waals surface area contributed by atoms with E-state index in [4.69, 9.17) is 5.11 Å². The fourth-order valence-electron chi connectivity index (χ4n) is 1.54. The first-order chi connectivity index (χ1) is 7.68. The summed E-state index contributed by atoms with van der Waals surface area (Å²) in [7, 11) is 0. The van der Waals surface area contributed by atoms with Gasteiger partial charge in [-0.3, -0.25) is 0 Å². The van der Waals surface area contributed by atoms with Crippen molar-refractivity contribution in [1.82, 2.24) is 5.32 Å². The summed E-state index contributed by atoms with van der Waals surface area (Å²) in [6, 6.07) is 10.1. The lowest BCUT2D eigenvalue weighted by Gasteiger charge is -2.12. The van der Waals surface area contributed by atoms with Crippen LogP contribution in [0.25, 0.3) is 0 Å². The van der Waals surface area contributed by atoms with Crippen LogP contribution in [0.15, 0.2) is 30.3 Å². The Morgan fingerprint density at radius 2 is 1.81 bits per heavy atom. The highest BCUT2D eigenvalue weighted by Gasteiger charge is 2.04. The fourth-order valence-corrected chi connectivity index (χ4v) is 1.54. The molecule has 1 aromatic carbocycles. The van der Waals surface area contributed by atoms with E-state index in [-0.39, 0.29) is 12.2 Å². The molecule has 0 radical (unpaired) electrons. The number of benzene rings is 1. The fraction of sp³-hybridized carbons (Fsp3) is 0.538. The van der Waals surface area contributed by atoms with Crippen LogP contribution in [0.1, 0.15) is 18.9 Å². The summed E-state index contributed by atoms with van der Waals surface area (Å²) in [6.45, 7) is 2.80. The average Bonchev–Trinajstić information content (AvgIpc) is 2.27. The number of aliphatic hydroxyl groups is 2. The highest BCUT2D eigenvalue weighted by atomic mass is 16.3. The minimum atomic E-state index is -0.360. The quantitative estimate of drug-likeness (QED) is 0.645. The van der Waals surface area contributed by atoms with Gasteiger partial charge < -0.3 is 15.5 Å². The summed E-state index contributed by atoms with van der Waals surface area (Å²) in [5.74, 6) is 0. The van der Waals surface area contributed by atoms with Crippen molar-refractivity contribution in [2.75, 3.05) is 13.1 Å². The topological polar surface area (TPSA) is 52.5 Å². The Morgan fingerprint density at radius 1 is 1.12 bits per heavy atom. The van der Waals surface area contributed by atoms with Gasteiger partial charge in [0, 0.05) is 13.1 Å². The molecule has 16 heavy (non-hydrogen) atoms. The van der Waals surface area contributed by atoms with E-state index in [1.54, 1.807) is 6.92 Å². The van der Waals surface area contributed by atoms with Gasteiger partial charge in [0.05, 0.1) is 12.2 Å². The van der Waals surface area contributed by atoms with Crippen LogP contribution < -0.4 is 5.32 Å². The van der Waals surface area contributed by atoms with Crippen molar-refractivity contribution in [1.29, 1.82) is 0 Å². The van der Waals surface area contributed by atoms with Crippen molar-refractivity contribution in [2.45, 2.75) is 32.0 Å². The van der Waals surface area contributed by atoms with E-state index in [1.807, 2.05) is 18.2 Å². The van der Waals surface area contributed by atoms with Crippen LogP contribution in [0.3, 0.4) is 0 Å². The molecule has 1 aromatic rings. The molecule has 3 N–H and O–H groups in total. The van der Waals surface area contributed by atoms with Gasteiger partial charge in [-0.05, 0) is 25.3 Å². The standard InChI is InChI=1S/C13H21NO2/c1-11(15)9-14-10-13(16)8-7-12-5-3-2-4-6-12/h2-6,11,13-16H,7-10H2,1H3/t11?,13-/m1/s1. The van der Waals surface area contributed by atoms with Gasteiger partial charge in [0.15, 0.2) is 0 Å². The molecule has 0 aliphatic heterocycles. The van der Waals surface area contributed by atoms with Crippen LogP contribution in [0, 0.1) is 0 Å². The minimum Gasteiger partial charge on any atom is -0.392 e. The normalized spacial score (nSPS) is 14.7. The molecule has 0 bridgehead atoms. The van der Waals surface area contributed by atoms with E-state index in [0.717, 1.165) is 12.8 Å². The molecule has 1 rings (SSSR count). The van der Waals surface area contributed by atoms with Crippen molar-refractivity contribution >= 4 is 0 Å². The molecule has 2 atom stereocenters. The molecule has 0 saturated heterocycles.